The minimum atomic E-state index is -0.831. The van der Waals surface area contributed by atoms with Crippen LogP contribution in [0.2, 0.25) is 0 Å². The van der Waals surface area contributed by atoms with Gasteiger partial charge in [-0.05, 0) is 33.9 Å². The van der Waals surface area contributed by atoms with E-state index in [2.05, 4.69) is 24.0 Å². The number of aliphatic hydroxyl groups excluding tert-OH is 1. The first-order valence-corrected chi connectivity index (χ1v) is 7.50. The van der Waals surface area contributed by atoms with Gasteiger partial charge in [-0.1, -0.05) is 0 Å². The molecule has 2 heterocycles. The first-order valence-electron chi connectivity index (χ1n) is 7.50. The Kier molecular flexibility index (Phi) is 5.00. The van der Waals surface area contributed by atoms with Crippen molar-refractivity contribution in [1.29, 1.82) is 0 Å². The van der Waals surface area contributed by atoms with Crippen LogP contribution < -0.4 is 0 Å². The summed E-state index contributed by atoms with van der Waals surface area (Å²) in [7, 11) is 6.01. The molecular weight excluding hydrogens is 268 g/mol. The molecule has 0 saturated carbocycles. The number of piperidine rings is 1. The normalized spacial score (nSPS) is 18.3. The molecule has 21 heavy (non-hydrogen) atoms. The van der Waals surface area contributed by atoms with Crippen LogP contribution >= 0.6 is 0 Å². The second kappa shape index (κ2) is 6.58. The lowest BCUT2D eigenvalue weighted by molar-refractivity contribution is -0.135. The van der Waals surface area contributed by atoms with Gasteiger partial charge in [0.05, 0.1) is 6.42 Å². The molecule has 0 radical (unpaired) electrons. The molecule has 6 heteroatoms. The third-order valence-corrected chi connectivity index (χ3v) is 4.47. The first kappa shape index (κ1) is 16.0. The van der Waals surface area contributed by atoms with E-state index >= 15 is 0 Å². The van der Waals surface area contributed by atoms with Crippen molar-refractivity contribution in [3.63, 3.8) is 0 Å². The molecule has 1 fully saturated rings. The Balaban J connectivity index is 1.89. The lowest BCUT2D eigenvalue weighted by Crippen LogP contribution is -2.44. The molecule has 1 unspecified atom stereocenters. The van der Waals surface area contributed by atoms with E-state index in [0.29, 0.717) is 11.9 Å². The molecule has 1 aromatic rings. The summed E-state index contributed by atoms with van der Waals surface area (Å²) in [4.78, 5) is 20.6. The molecule has 2 rings (SSSR count). The average molecular weight is 294 g/mol. The van der Waals surface area contributed by atoms with Crippen LogP contribution in [0.1, 0.15) is 36.9 Å². The van der Waals surface area contributed by atoms with Crippen LogP contribution in [0.3, 0.4) is 0 Å². The van der Waals surface area contributed by atoms with Crippen molar-refractivity contribution in [1.82, 2.24) is 19.4 Å². The molecule has 6 nitrogen and oxygen atoms in total. The van der Waals surface area contributed by atoms with Crippen molar-refractivity contribution >= 4 is 5.91 Å². The lowest BCUT2D eigenvalue weighted by Gasteiger charge is -2.35. The van der Waals surface area contributed by atoms with Crippen molar-refractivity contribution < 1.29 is 9.90 Å². The maximum absolute atomic E-state index is 12.3. The summed E-state index contributed by atoms with van der Waals surface area (Å²) in [5, 5.41) is 10.2. The third kappa shape index (κ3) is 3.63. The standard InChI is InChI=1S/C15H26N4O2/c1-11-10-16-15(18(11)4)13(20)9-14(21)19-7-5-12(6-8-19)17(2)3/h10,12-13,20H,5-9H2,1-4H3. The van der Waals surface area contributed by atoms with E-state index in [1.807, 2.05) is 23.4 Å². The van der Waals surface area contributed by atoms with Gasteiger partial charge >= 0.3 is 0 Å². The fraction of sp³-hybridized carbons (Fsp3) is 0.733. The van der Waals surface area contributed by atoms with Crippen molar-refractivity contribution in [3.05, 3.63) is 17.7 Å². The summed E-state index contributed by atoms with van der Waals surface area (Å²) in [5.74, 6) is 0.574. The van der Waals surface area contributed by atoms with Gasteiger partial charge in [0.2, 0.25) is 5.91 Å². The van der Waals surface area contributed by atoms with Gasteiger partial charge in [0.25, 0.3) is 0 Å². The predicted molar refractivity (Wildman–Crippen MR) is 80.8 cm³/mol. The highest BCUT2D eigenvalue weighted by atomic mass is 16.3. The fourth-order valence-corrected chi connectivity index (χ4v) is 2.84. The molecule has 1 saturated heterocycles. The van der Waals surface area contributed by atoms with Crippen molar-refractivity contribution in [2.45, 2.75) is 38.3 Å². The van der Waals surface area contributed by atoms with E-state index in [-0.39, 0.29) is 12.3 Å². The molecule has 0 aromatic carbocycles. The summed E-state index contributed by atoms with van der Waals surface area (Å²) in [6, 6.07) is 0.552. The second-order valence-corrected chi connectivity index (χ2v) is 6.11. The summed E-state index contributed by atoms with van der Waals surface area (Å²) in [6.45, 7) is 3.47. The molecular formula is C15H26N4O2. The van der Waals surface area contributed by atoms with E-state index in [1.165, 1.54) is 0 Å². The van der Waals surface area contributed by atoms with Crippen LogP contribution in [-0.4, -0.2) is 63.6 Å². The number of hydrogen-bond acceptors (Lipinski definition) is 4. The van der Waals surface area contributed by atoms with Crippen LogP contribution in [0.4, 0.5) is 0 Å². The molecule has 0 aliphatic carbocycles. The Labute approximate surface area is 126 Å². The zero-order chi connectivity index (χ0) is 15.6. The Morgan fingerprint density at radius 3 is 2.57 bits per heavy atom. The van der Waals surface area contributed by atoms with Gasteiger partial charge < -0.3 is 19.5 Å². The number of nitrogens with zero attached hydrogens (tertiary/aromatic N) is 4. The third-order valence-electron chi connectivity index (χ3n) is 4.47. The molecule has 1 aromatic heterocycles. The SMILES string of the molecule is Cc1cnc(C(O)CC(=O)N2CCC(N(C)C)CC2)n1C. The molecule has 1 aliphatic rings. The Hall–Kier alpha value is -1.40. The van der Waals surface area contributed by atoms with Crippen LogP contribution in [-0.2, 0) is 11.8 Å². The maximum atomic E-state index is 12.3. The highest BCUT2D eigenvalue weighted by Gasteiger charge is 2.26. The Morgan fingerprint density at radius 2 is 2.10 bits per heavy atom. The summed E-state index contributed by atoms with van der Waals surface area (Å²) in [5.41, 5.74) is 0.975. The van der Waals surface area contributed by atoms with Gasteiger partial charge in [0.1, 0.15) is 11.9 Å². The summed E-state index contributed by atoms with van der Waals surface area (Å²) < 4.78 is 1.83. The Bertz CT molecular complexity index is 490. The van der Waals surface area contributed by atoms with Gasteiger partial charge in [0.15, 0.2) is 0 Å². The number of aromatic nitrogens is 2. The lowest BCUT2D eigenvalue weighted by atomic mass is 10.0. The molecule has 1 amide bonds. The largest absolute Gasteiger partial charge is 0.385 e. The molecule has 1 atom stereocenters. The van der Waals surface area contributed by atoms with Crippen LogP contribution in [0.25, 0.3) is 0 Å². The number of aliphatic hydroxyl groups is 1. The van der Waals surface area contributed by atoms with E-state index in [1.54, 1.807) is 6.20 Å². The summed E-state index contributed by atoms with van der Waals surface area (Å²) >= 11 is 0. The average Bonchev–Trinajstić information content (AvgIpc) is 2.79. The monoisotopic (exact) mass is 294 g/mol. The number of likely N-dealkylation sites (tertiary alicyclic amines) is 1. The molecule has 1 N–H and O–H groups in total. The smallest absolute Gasteiger partial charge is 0.225 e. The molecule has 1 aliphatic heterocycles. The van der Waals surface area contributed by atoms with Gasteiger partial charge in [-0.3, -0.25) is 4.79 Å². The van der Waals surface area contributed by atoms with Crippen LogP contribution in [0.5, 0.6) is 0 Å². The van der Waals surface area contributed by atoms with Gasteiger partial charge in [-0.2, -0.15) is 0 Å². The predicted octanol–water partition coefficient (Wildman–Crippen LogP) is 0.705. The number of hydrogen-bond donors (Lipinski definition) is 1. The minimum absolute atomic E-state index is 0.0142. The molecule has 118 valence electrons. The van der Waals surface area contributed by atoms with Crippen LogP contribution in [0, 0.1) is 6.92 Å². The van der Waals surface area contributed by atoms with Crippen LogP contribution in [0.15, 0.2) is 6.20 Å². The number of rotatable bonds is 4. The van der Waals surface area contributed by atoms with E-state index in [4.69, 9.17) is 0 Å². The highest BCUT2D eigenvalue weighted by molar-refractivity contribution is 5.76. The first-order chi connectivity index (χ1) is 9.90. The quantitative estimate of drug-likeness (QED) is 0.888. The van der Waals surface area contributed by atoms with Gasteiger partial charge in [-0.25, -0.2) is 4.98 Å². The van der Waals surface area contributed by atoms with Crippen molar-refractivity contribution in [3.8, 4) is 0 Å². The van der Waals surface area contributed by atoms with Crippen molar-refractivity contribution in [2.75, 3.05) is 27.2 Å². The maximum Gasteiger partial charge on any atom is 0.225 e. The minimum Gasteiger partial charge on any atom is -0.385 e. The molecule has 0 bridgehead atoms. The topological polar surface area (TPSA) is 61.6 Å². The van der Waals surface area contributed by atoms with E-state index in [9.17, 15) is 9.90 Å². The van der Waals surface area contributed by atoms with E-state index in [0.717, 1.165) is 31.6 Å². The number of imidazole rings is 1. The number of carbonyl (C=O) groups is 1. The van der Waals surface area contributed by atoms with Gasteiger partial charge in [0, 0.05) is 38.1 Å². The van der Waals surface area contributed by atoms with Gasteiger partial charge in [-0.15, -0.1) is 0 Å². The number of amides is 1. The zero-order valence-corrected chi connectivity index (χ0v) is 13.4. The fourth-order valence-electron chi connectivity index (χ4n) is 2.84. The highest BCUT2D eigenvalue weighted by Crippen LogP contribution is 2.20. The number of aryl methyl sites for hydroxylation is 1. The molecule has 0 spiro atoms. The number of carbonyl (C=O) groups excluding carboxylic acids is 1. The van der Waals surface area contributed by atoms with E-state index < -0.39 is 6.10 Å². The Morgan fingerprint density at radius 1 is 1.48 bits per heavy atom. The second-order valence-electron chi connectivity index (χ2n) is 6.11. The summed E-state index contributed by atoms with van der Waals surface area (Å²) in [6.07, 6.45) is 2.98. The van der Waals surface area contributed by atoms with Crippen molar-refractivity contribution in [2.24, 2.45) is 7.05 Å². The zero-order valence-electron chi connectivity index (χ0n) is 13.4.